The van der Waals surface area contributed by atoms with Gasteiger partial charge in [0, 0.05) is 35.8 Å². The average molecular weight is 488 g/mol. The van der Waals surface area contributed by atoms with Crippen LogP contribution in [-0.4, -0.2) is 41.3 Å². The molecule has 1 amide bonds. The number of hydrogen-bond donors (Lipinski definition) is 1. The average Bonchev–Trinajstić information content (AvgIpc) is 2.97. The van der Waals surface area contributed by atoms with E-state index in [-0.39, 0.29) is 16.9 Å². The highest BCUT2D eigenvalue weighted by Gasteiger charge is 2.33. The van der Waals surface area contributed by atoms with E-state index in [2.05, 4.69) is 32.9 Å². The van der Waals surface area contributed by atoms with Gasteiger partial charge in [-0.15, -0.1) is 0 Å². The zero-order chi connectivity index (χ0) is 18.9. The van der Waals surface area contributed by atoms with Crippen molar-refractivity contribution in [2.45, 2.75) is 24.8 Å². The zero-order valence-electron chi connectivity index (χ0n) is 14.6. The highest BCUT2D eigenvalue weighted by molar-refractivity contribution is 14.1. The van der Waals surface area contributed by atoms with Gasteiger partial charge in [0.05, 0.1) is 5.69 Å². The van der Waals surface area contributed by atoms with Gasteiger partial charge in [0.25, 0.3) is 10.0 Å². The van der Waals surface area contributed by atoms with Crippen molar-refractivity contribution in [3.63, 3.8) is 0 Å². The van der Waals surface area contributed by atoms with Gasteiger partial charge in [-0.3, -0.25) is 4.79 Å². The first kappa shape index (κ1) is 19.3. The minimum absolute atomic E-state index is 0.0557. The standard InChI is InChI=1S/C17H21IN4O3S/c1-12-19-16(11-21(12)2)26(24,25)22-9-7-13(8-10-22)17(23)20-15-6-4-3-5-14(15)18/h3-6,11,13H,7-10H2,1-2H3,(H,20,23). The molecule has 7 nitrogen and oxygen atoms in total. The number of para-hydroxylation sites is 1. The van der Waals surface area contributed by atoms with Gasteiger partial charge >= 0.3 is 0 Å². The first-order chi connectivity index (χ1) is 12.3. The van der Waals surface area contributed by atoms with E-state index in [1.54, 1.807) is 18.5 Å². The van der Waals surface area contributed by atoms with E-state index in [9.17, 15) is 13.2 Å². The van der Waals surface area contributed by atoms with Crippen molar-refractivity contribution in [3.05, 3.63) is 39.9 Å². The Hall–Kier alpha value is -1.46. The summed E-state index contributed by atoms with van der Waals surface area (Å²) in [5.74, 6) is 0.401. The Labute approximate surface area is 167 Å². The summed E-state index contributed by atoms with van der Waals surface area (Å²) in [6.07, 6.45) is 2.53. The largest absolute Gasteiger partial charge is 0.337 e. The summed E-state index contributed by atoms with van der Waals surface area (Å²) in [6.45, 7) is 2.41. The second-order valence-electron chi connectivity index (χ2n) is 6.38. The molecule has 0 saturated carbocycles. The fraction of sp³-hybridized carbons (Fsp3) is 0.412. The van der Waals surface area contributed by atoms with E-state index in [0.717, 1.165) is 9.26 Å². The highest BCUT2D eigenvalue weighted by atomic mass is 127. The van der Waals surface area contributed by atoms with Crippen LogP contribution in [0.4, 0.5) is 5.69 Å². The lowest BCUT2D eigenvalue weighted by molar-refractivity contribution is -0.120. The summed E-state index contributed by atoms with van der Waals surface area (Å²) in [7, 11) is -1.84. The molecule has 1 aliphatic rings. The molecule has 1 N–H and O–H groups in total. The lowest BCUT2D eigenvalue weighted by Gasteiger charge is -2.30. The number of carbonyl (C=O) groups excluding carboxylic acids is 1. The van der Waals surface area contributed by atoms with Crippen LogP contribution in [0.3, 0.4) is 0 Å². The number of piperidine rings is 1. The van der Waals surface area contributed by atoms with Gasteiger partial charge in [-0.2, -0.15) is 4.31 Å². The highest BCUT2D eigenvalue weighted by Crippen LogP contribution is 2.25. The van der Waals surface area contributed by atoms with Crippen LogP contribution in [0.25, 0.3) is 0 Å². The topological polar surface area (TPSA) is 84.3 Å². The Morgan fingerprint density at radius 1 is 1.27 bits per heavy atom. The molecule has 1 saturated heterocycles. The molecule has 1 aromatic carbocycles. The Morgan fingerprint density at radius 3 is 2.50 bits per heavy atom. The number of aryl methyl sites for hydroxylation is 2. The van der Waals surface area contributed by atoms with Crippen molar-refractivity contribution in [1.82, 2.24) is 13.9 Å². The van der Waals surface area contributed by atoms with E-state index in [1.807, 2.05) is 24.3 Å². The minimum atomic E-state index is -3.61. The number of sulfonamides is 1. The van der Waals surface area contributed by atoms with Crippen molar-refractivity contribution >= 4 is 44.2 Å². The fourth-order valence-electron chi connectivity index (χ4n) is 2.94. The number of benzene rings is 1. The van der Waals surface area contributed by atoms with Crippen LogP contribution in [0.2, 0.25) is 0 Å². The fourth-order valence-corrected chi connectivity index (χ4v) is 4.96. The smallest absolute Gasteiger partial charge is 0.262 e. The molecule has 0 bridgehead atoms. The lowest BCUT2D eigenvalue weighted by atomic mass is 9.97. The molecule has 0 spiro atoms. The maximum absolute atomic E-state index is 12.7. The summed E-state index contributed by atoms with van der Waals surface area (Å²) in [4.78, 5) is 16.6. The summed E-state index contributed by atoms with van der Waals surface area (Å²) in [5.41, 5.74) is 0.789. The molecule has 26 heavy (non-hydrogen) atoms. The summed E-state index contributed by atoms with van der Waals surface area (Å²) >= 11 is 2.18. The molecule has 0 aliphatic carbocycles. The Morgan fingerprint density at radius 2 is 1.92 bits per heavy atom. The molecule has 0 radical (unpaired) electrons. The van der Waals surface area contributed by atoms with Crippen LogP contribution in [0.15, 0.2) is 35.5 Å². The third-order valence-electron chi connectivity index (χ3n) is 4.65. The maximum Gasteiger partial charge on any atom is 0.262 e. The summed E-state index contributed by atoms with van der Waals surface area (Å²) < 4.78 is 29.5. The van der Waals surface area contributed by atoms with E-state index >= 15 is 0 Å². The number of nitrogens with one attached hydrogen (secondary N) is 1. The van der Waals surface area contributed by atoms with E-state index in [4.69, 9.17) is 0 Å². The molecule has 1 fully saturated rings. The summed E-state index contributed by atoms with van der Waals surface area (Å²) in [5, 5.41) is 3.01. The van der Waals surface area contributed by atoms with Crippen LogP contribution >= 0.6 is 22.6 Å². The van der Waals surface area contributed by atoms with Crippen LogP contribution < -0.4 is 5.32 Å². The molecule has 1 aliphatic heterocycles. The number of rotatable bonds is 4. The molecule has 3 rings (SSSR count). The van der Waals surface area contributed by atoms with Crippen molar-refractivity contribution in [2.75, 3.05) is 18.4 Å². The SMILES string of the molecule is Cc1nc(S(=O)(=O)N2CCC(C(=O)Nc3ccccc3I)CC2)cn1C. The van der Waals surface area contributed by atoms with Crippen LogP contribution in [0, 0.1) is 16.4 Å². The van der Waals surface area contributed by atoms with Gasteiger partial charge in [-0.1, -0.05) is 12.1 Å². The Balaban J connectivity index is 1.63. The first-order valence-electron chi connectivity index (χ1n) is 8.34. The molecule has 140 valence electrons. The number of aromatic nitrogens is 2. The number of imidazole rings is 1. The van der Waals surface area contributed by atoms with Crippen LogP contribution in [0.1, 0.15) is 18.7 Å². The molecule has 1 aromatic heterocycles. The van der Waals surface area contributed by atoms with Crippen molar-refractivity contribution in [3.8, 4) is 0 Å². The molecular weight excluding hydrogens is 467 g/mol. The zero-order valence-corrected chi connectivity index (χ0v) is 17.6. The number of hydrogen-bond acceptors (Lipinski definition) is 4. The number of carbonyl (C=O) groups is 1. The molecule has 2 heterocycles. The quantitative estimate of drug-likeness (QED) is 0.670. The first-order valence-corrected chi connectivity index (χ1v) is 10.9. The Kier molecular flexibility index (Phi) is 5.68. The van der Waals surface area contributed by atoms with E-state index < -0.39 is 10.0 Å². The summed E-state index contributed by atoms with van der Waals surface area (Å²) in [6, 6.07) is 7.59. The number of anilines is 1. The van der Waals surface area contributed by atoms with Crippen molar-refractivity contribution in [1.29, 1.82) is 0 Å². The van der Waals surface area contributed by atoms with E-state index in [0.29, 0.717) is 31.8 Å². The number of halogens is 1. The molecule has 0 unspecified atom stereocenters. The molecular formula is C17H21IN4O3S. The number of amides is 1. The van der Waals surface area contributed by atoms with Gasteiger partial charge in [0.1, 0.15) is 5.82 Å². The van der Waals surface area contributed by atoms with Crippen molar-refractivity contribution < 1.29 is 13.2 Å². The normalized spacial score (nSPS) is 16.6. The molecule has 2 aromatic rings. The molecule has 9 heteroatoms. The monoisotopic (exact) mass is 488 g/mol. The van der Waals surface area contributed by atoms with Gasteiger partial charge < -0.3 is 9.88 Å². The minimum Gasteiger partial charge on any atom is -0.337 e. The van der Waals surface area contributed by atoms with Crippen molar-refractivity contribution in [2.24, 2.45) is 13.0 Å². The third-order valence-corrected chi connectivity index (χ3v) is 7.36. The predicted molar refractivity (Wildman–Crippen MR) is 107 cm³/mol. The molecule has 0 atom stereocenters. The van der Waals surface area contributed by atoms with Gasteiger partial charge in [0.2, 0.25) is 5.91 Å². The van der Waals surface area contributed by atoms with Crippen LogP contribution in [-0.2, 0) is 21.9 Å². The van der Waals surface area contributed by atoms with Crippen LogP contribution in [0.5, 0.6) is 0 Å². The Bertz CT molecular complexity index is 898. The second kappa shape index (κ2) is 7.65. The van der Waals surface area contributed by atoms with Gasteiger partial charge in [0.15, 0.2) is 5.03 Å². The third kappa shape index (κ3) is 3.94. The number of nitrogens with zero attached hydrogens (tertiary/aromatic N) is 3. The van der Waals surface area contributed by atoms with E-state index in [1.165, 1.54) is 10.5 Å². The maximum atomic E-state index is 12.7. The predicted octanol–water partition coefficient (Wildman–Crippen LogP) is 2.37. The lowest BCUT2D eigenvalue weighted by Crippen LogP contribution is -2.41. The van der Waals surface area contributed by atoms with Gasteiger partial charge in [-0.05, 0) is 54.5 Å². The van der Waals surface area contributed by atoms with Gasteiger partial charge in [-0.25, -0.2) is 13.4 Å². The second-order valence-corrected chi connectivity index (χ2v) is 9.43.